The highest BCUT2D eigenvalue weighted by Crippen LogP contribution is 2.33. The van der Waals surface area contributed by atoms with Gasteiger partial charge in [-0.25, -0.2) is 0 Å². The van der Waals surface area contributed by atoms with Crippen LogP contribution in [0.15, 0.2) is 0 Å². The Labute approximate surface area is 129 Å². The molecule has 2 rings (SSSR count). The Bertz CT molecular complexity index is 351. The minimum atomic E-state index is 0.129. The van der Waals surface area contributed by atoms with Crippen LogP contribution in [-0.2, 0) is 9.53 Å². The minimum Gasteiger partial charge on any atom is -0.377 e. The molecule has 0 bridgehead atoms. The van der Waals surface area contributed by atoms with E-state index in [1.54, 1.807) is 0 Å². The first-order chi connectivity index (χ1) is 9.88. The molecule has 1 aliphatic carbocycles. The van der Waals surface area contributed by atoms with Gasteiger partial charge in [-0.1, -0.05) is 27.2 Å². The molecular weight excluding hydrogens is 264 g/mol. The quantitative estimate of drug-likeness (QED) is 0.837. The zero-order valence-electron chi connectivity index (χ0n) is 13.9. The van der Waals surface area contributed by atoms with E-state index in [2.05, 4.69) is 26.1 Å². The standard InChI is InChI=1S/C17H32N2O2/c1-17(2,3)16-13(7-5-9-21-16)11-19-15(20)10-12-6-4-8-14(12)18/h12-14,16H,4-11,18H2,1-3H3,(H,19,20)/t12-,13?,14+,16?/m0/s1. The van der Waals surface area contributed by atoms with Gasteiger partial charge < -0.3 is 15.8 Å². The number of carbonyl (C=O) groups excluding carboxylic acids is 1. The van der Waals surface area contributed by atoms with Crippen LogP contribution < -0.4 is 11.1 Å². The second-order valence-electron chi connectivity index (χ2n) is 7.92. The Morgan fingerprint density at radius 3 is 2.52 bits per heavy atom. The third-order valence-corrected chi connectivity index (χ3v) is 5.03. The number of carbonyl (C=O) groups is 1. The molecule has 1 heterocycles. The first kappa shape index (κ1) is 16.8. The third-order valence-electron chi connectivity index (χ3n) is 5.03. The zero-order chi connectivity index (χ0) is 15.5. The minimum absolute atomic E-state index is 0.129. The lowest BCUT2D eigenvalue weighted by Gasteiger charge is -2.40. The predicted molar refractivity (Wildman–Crippen MR) is 84.9 cm³/mol. The van der Waals surface area contributed by atoms with Gasteiger partial charge >= 0.3 is 0 Å². The van der Waals surface area contributed by atoms with E-state index in [1.807, 2.05) is 0 Å². The van der Waals surface area contributed by atoms with Crippen LogP contribution in [0.1, 0.15) is 59.3 Å². The normalized spacial score (nSPS) is 33.9. The fraction of sp³-hybridized carbons (Fsp3) is 0.941. The number of amides is 1. The number of nitrogens with two attached hydrogens (primary N) is 1. The number of hydrogen-bond donors (Lipinski definition) is 2. The molecule has 0 aromatic carbocycles. The largest absolute Gasteiger partial charge is 0.377 e. The van der Waals surface area contributed by atoms with E-state index in [0.717, 1.165) is 38.8 Å². The highest BCUT2D eigenvalue weighted by atomic mass is 16.5. The summed E-state index contributed by atoms with van der Waals surface area (Å²) >= 11 is 0. The van der Waals surface area contributed by atoms with Gasteiger partial charge in [0, 0.05) is 31.5 Å². The maximum absolute atomic E-state index is 12.1. The summed E-state index contributed by atoms with van der Waals surface area (Å²) in [5, 5.41) is 3.13. The summed E-state index contributed by atoms with van der Waals surface area (Å²) in [6, 6.07) is 0.219. The topological polar surface area (TPSA) is 64.3 Å². The molecule has 1 aliphatic heterocycles. The van der Waals surface area contributed by atoms with Gasteiger partial charge in [0.15, 0.2) is 0 Å². The van der Waals surface area contributed by atoms with Crippen molar-refractivity contribution in [1.82, 2.24) is 5.32 Å². The third kappa shape index (κ3) is 4.68. The van der Waals surface area contributed by atoms with Crippen molar-refractivity contribution in [3.63, 3.8) is 0 Å². The maximum atomic E-state index is 12.1. The molecule has 4 atom stereocenters. The molecule has 0 aromatic rings. The van der Waals surface area contributed by atoms with Gasteiger partial charge in [0.1, 0.15) is 0 Å². The van der Waals surface area contributed by atoms with E-state index in [-0.39, 0.29) is 23.5 Å². The van der Waals surface area contributed by atoms with Crippen LogP contribution in [0.3, 0.4) is 0 Å². The smallest absolute Gasteiger partial charge is 0.220 e. The monoisotopic (exact) mass is 296 g/mol. The van der Waals surface area contributed by atoms with Crippen molar-refractivity contribution < 1.29 is 9.53 Å². The van der Waals surface area contributed by atoms with E-state index in [0.29, 0.717) is 18.3 Å². The van der Waals surface area contributed by atoms with Crippen molar-refractivity contribution in [1.29, 1.82) is 0 Å². The number of rotatable bonds is 4. The molecule has 21 heavy (non-hydrogen) atoms. The maximum Gasteiger partial charge on any atom is 0.220 e. The summed E-state index contributed by atoms with van der Waals surface area (Å²) in [5.74, 6) is 0.974. The van der Waals surface area contributed by atoms with Crippen LogP contribution in [0.4, 0.5) is 0 Å². The molecule has 1 saturated heterocycles. The molecule has 2 fully saturated rings. The first-order valence-corrected chi connectivity index (χ1v) is 8.52. The molecule has 122 valence electrons. The Hall–Kier alpha value is -0.610. The van der Waals surface area contributed by atoms with Crippen LogP contribution in [0, 0.1) is 17.3 Å². The summed E-state index contributed by atoms with van der Waals surface area (Å²) in [6.45, 7) is 8.24. The van der Waals surface area contributed by atoms with Crippen LogP contribution in [0.5, 0.6) is 0 Å². The Balaban J connectivity index is 1.79. The Morgan fingerprint density at radius 2 is 1.90 bits per heavy atom. The summed E-state index contributed by atoms with van der Waals surface area (Å²) in [6.07, 6.45) is 6.41. The molecule has 1 saturated carbocycles. The lowest BCUT2D eigenvalue weighted by Crippen LogP contribution is -2.45. The number of nitrogens with one attached hydrogen (secondary N) is 1. The predicted octanol–water partition coefficient (Wildman–Crippen LogP) is 2.46. The molecule has 2 aliphatic rings. The molecule has 0 spiro atoms. The highest BCUT2D eigenvalue weighted by molar-refractivity contribution is 5.76. The molecule has 1 amide bonds. The van der Waals surface area contributed by atoms with E-state index < -0.39 is 0 Å². The first-order valence-electron chi connectivity index (χ1n) is 8.52. The van der Waals surface area contributed by atoms with Crippen molar-refractivity contribution in [2.24, 2.45) is 23.0 Å². The van der Waals surface area contributed by atoms with E-state index >= 15 is 0 Å². The van der Waals surface area contributed by atoms with Gasteiger partial charge in [-0.2, -0.15) is 0 Å². The molecule has 4 nitrogen and oxygen atoms in total. The zero-order valence-corrected chi connectivity index (χ0v) is 13.9. The number of ether oxygens (including phenoxy) is 1. The van der Waals surface area contributed by atoms with E-state index in [9.17, 15) is 4.79 Å². The molecule has 3 N–H and O–H groups in total. The van der Waals surface area contributed by atoms with Gasteiger partial charge in [-0.15, -0.1) is 0 Å². The number of hydrogen-bond acceptors (Lipinski definition) is 3. The fourth-order valence-electron chi connectivity index (χ4n) is 3.88. The van der Waals surface area contributed by atoms with Crippen molar-refractivity contribution in [2.75, 3.05) is 13.2 Å². The molecule has 2 unspecified atom stereocenters. The Morgan fingerprint density at radius 1 is 1.19 bits per heavy atom. The highest BCUT2D eigenvalue weighted by Gasteiger charge is 2.35. The van der Waals surface area contributed by atoms with Crippen molar-refractivity contribution in [3.05, 3.63) is 0 Å². The van der Waals surface area contributed by atoms with Gasteiger partial charge in [-0.05, 0) is 37.0 Å². The van der Waals surface area contributed by atoms with Crippen LogP contribution in [-0.4, -0.2) is 31.2 Å². The lowest BCUT2D eigenvalue weighted by atomic mass is 9.78. The SMILES string of the molecule is CC(C)(C)C1OCCCC1CNC(=O)C[C@@H]1CCC[C@H]1N. The summed E-state index contributed by atoms with van der Waals surface area (Å²) in [4.78, 5) is 12.1. The van der Waals surface area contributed by atoms with Gasteiger partial charge in [0.05, 0.1) is 6.10 Å². The summed E-state index contributed by atoms with van der Waals surface area (Å²) in [7, 11) is 0. The average Bonchev–Trinajstić information content (AvgIpc) is 2.81. The van der Waals surface area contributed by atoms with Crippen molar-refractivity contribution >= 4 is 5.91 Å². The average molecular weight is 296 g/mol. The second-order valence-corrected chi connectivity index (χ2v) is 7.92. The van der Waals surface area contributed by atoms with Crippen LogP contribution in [0.25, 0.3) is 0 Å². The molecule has 0 radical (unpaired) electrons. The Kier molecular flexibility index (Phi) is 5.67. The van der Waals surface area contributed by atoms with Crippen LogP contribution >= 0.6 is 0 Å². The molecule has 0 aromatic heterocycles. The van der Waals surface area contributed by atoms with Crippen LogP contribution in [0.2, 0.25) is 0 Å². The molecule has 4 heteroatoms. The van der Waals surface area contributed by atoms with E-state index in [4.69, 9.17) is 10.5 Å². The fourth-order valence-corrected chi connectivity index (χ4v) is 3.88. The summed E-state index contributed by atoms with van der Waals surface area (Å²) < 4.78 is 5.97. The molecular formula is C17H32N2O2. The van der Waals surface area contributed by atoms with Crippen molar-refractivity contribution in [2.45, 2.75) is 71.4 Å². The van der Waals surface area contributed by atoms with Gasteiger partial charge in [0.2, 0.25) is 5.91 Å². The van der Waals surface area contributed by atoms with Gasteiger partial charge in [0.25, 0.3) is 0 Å². The van der Waals surface area contributed by atoms with Crippen molar-refractivity contribution in [3.8, 4) is 0 Å². The lowest BCUT2D eigenvalue weighted by molar-refractivity contribution is -0.124. The van der Waals surface area contributed by atoms with E-state index in [1.165, 1.54) is 6.42 Å². The van der Waals surface area contributed by atoms with Gasteiger partial charge in [-0.3, -0.25) is 4.79 Å². The second kappa shape index (κ2) is 7.10. The summed E-state index contributed by atoms with van der Waals surface area (Å²) in [5.41, 5.74) is 6.17.